The minimum atomic E-state index is -0.300. The molecule has 0 fully saturated rings. The first-order chi connectivity index (χ1) is 11.2. The van der Waals surface area contributed by atoms with Gasteiger partial charge in [-0.25, -0.2) is 4.79 Å². The van der Waals surface area contributed by atoms with E-state index in [2.05, 4.69) is 16.6 Å². The Bertz CT molecular complexity index is 677. The molecule has 0 aliphatic rings. The third-order valence-electron chi connectivity index (χ3n) is 3.45. The monoisotopic (exact) mass is 308 g/mol. The third-order valence-corrected chi connectivity index (χ3v) is 3.45. The SMILES string of the molecule is C#Cc1cccc(NC(=O)NC(CCCO)c2ccccc2)c1. The number of terminal acetylenes is 1. The average molecular weight is 308 g/mol. The summed E-state index contributed by atoms with van der Waals surface area (Å²) < 4.78 is 0. The number of benzene rings is 2. The van der Waals surface area contributed by atoms with Crippen molar-refractivity contribution in [3.05, 3.63) is 65.7 Å². The molecule has 118 valence electrons. The van der Waals surface area contributed by atoms with E-state index in [0.717, 1.165) is 5.56 Å². The summed E-state index contributed by atoms with van der Waals surface area (Å²) in [6.45, 7) is 0.0941. The van der Waals surface area contributed by atoms with Crippen LogP contribution < -0.4 is 10.6 Å². The summed E-state index contributed by atoms with van der Waals surface area (Å²) in [5, 5.41) is 14.8. The number of rotatable bonds is 6. The molecule has 23 heavy (non-hydrogen) atoms. The van der Waals surface area contributed by atoms with Crippen molar-refractivity contribution in [3.63, 3.8) is 0 Å². The van der Waals surface area contributed by atoms with Gasteiger partial charge < -0.3 is 15.7 Å². The fourth-order valence-corrected chi connectivity index (χ4v) is 2.32. The minimum Gasteiger partial charge on any atom is -0.396 e. The number of carbonyl (C=O) groups is 1. The van der Waals surface area contributed by atoms with E-state index in [9.17, 15) is 4.79 Å². The molecule has 1 unspecified atom stereocenters. The summed E-state index contributed by atoms with van der Waals surface area (Å²) in [4.78, 5) is 12.2. The van der Waals surface area contributed by atoms with Gasteiger partial charge in [0.1, 0.15) is 0 Å². The maximum Gasteiger partial charge on any atom is 0.319 e. The molecule has 0 bridgehead atoms. The highest BCUT2D eigenvalue weighted by Gasteiger charge is 2.14. The van der Waals surface area contributed by atoms with Crippen molar-refractivity contribution in [2.75, 3.05) is 11.9 Å². The number of anilines is 1. The number of aliphatic hydroxyl groups excluding tert-OH is 1. The molecule has 4 heteroatoms. The molecule has 3 N–H and O–H groups in total. The van der Waals surface area contributed by atoms with E-state index in [1.165, 1.54) is 0 Å². The standard InChI is InChI=1S/C19H20N2O2/c1-2-15-8-6-11-17(14-15)20-19(23)21-18(12-7-13-22)16-9-4-3-5-10-16/h1,3-6,8-11,14,18,22H,7,12-13H2,(H2,20,21,23). The van der Waals surface area contributed by atoms with Gasteiger partial charge in [-0.1, -0.05) is 42.3 Å². The summed E-state index contributed by atoms with van der Waals surface area (Å²) in [5.74, 6) is 2.54. The van der Waals surface area contributed by atoms with Crippen LogP contribution in [0, 0.1) is 12.3 Å². The molecule has 0 spiro atoms. The molecule has 0 aliphatic heterocycles. The number of hydrogen-bond acceptors (Lipinski definition) is 2. The first kappa shape index (κ1) is 16.6. The molecule has 2 aromatic carbocycles. The number of hydrogen-bond donors (Lipinski definition) is 3. The van der Waals surface area contributed by atoms with Crippen LogP contribution in [0.15, 0.2) is 54.6 Å². The summed E-state index contributed by atoms with van der Waals surface area (Å²) in [6, 6.07) is 16.4. The van der Waals surface area contributed by atoms with Crippen molar-refractivity contribution in [1.29, 1.82) is 0 Å². The lowest BCUT2D eigenvalue weighted by Gasteiger charge is -2.19. The Morgan fingerprint density at radius 3 is 2.65 bits per heavy atom. The van der Waals surface area contributed by atoms with E-state index in [-0.39, 0.29) is 18.7 Å². The van der Waals surface area contributed by atoms with Crippen molar-refractivity contribution in [3.8, 4) is 12.3 Å². The van der Waals surface area contributed by atoms with Gasteiger partial charge in [0.15, 0.2) is 0 Å². The lowest BCUT2D eigenvalue weighted by Crippen LogP contribution is -2.32. The quantitative estimate of drug-likeness (QED) is 0.717. The Kier molecular flexibility index (Phi) is 6.22. The summed E-state index contributed by atoms with van der Waals surface area (Å²) >= 11 is 0. The lowest BCUT2D eigenvalue weighted by atomic mass is 10.0. The predicted octanol–water partition coefficient (Wildman–Crippen LogP) is 3.30. The van der Waals surface area contributed by atoms with Crippen LogP contribution in [-0.4, -0.2) is 17.7 Å². The second-order valence-corrected chi connectivity index (χ2v) is 5.15. The molecule has 0 aromatic heterocycles. The zero-order chi connectivity index (χ0) is 16.5. The first-order valence-corrected chi connectivity index (χ1v) is 7.53. The van der Waals surface area contributed by atoms with Gasteiger partial charge in [-0.15, -0.1) is 6.42 Å². The molecule has 0 aliphatic carbocycles. The average Bonchev–Trinajstić information content (AvgIpc) is 2.59. The zero-order valence-electron chi connectivity index (χ0n) is 12.8. The Morgan fingerprint density at radius 2 is 1.96 bits per heavy atom. The van der Waals surface area contributed by atoms with Crippen LogP contribution >= 0.6 is 0 Å². The van der Waals surface area contributed by atoms with E-state index >= 15 is 0 Å². The van der Waals surface area contributed by atoms with Crippen LogP contribution in [0.5, 0.6) is 0 Å². The van der Waals surface area contributed by atoms with Gasteiger partial charge in [-0.2, -0.15) is 0 Å². The Hall–Kier alpha value is -2.77. The van der Waals surface area contributed by atoms with Gasteiger partial charge in [0.05, 0.1) is 6.04 Å². The largest absolute Gasteiger partial charge is 0.396 e. The molecule has 0 radical (unpaired) electrons. The van der Waals surface area contributed by atoms with Gasteiger partial charge in [0.25, 0.3) is 0 Å². The maximum absolute atomic E-state index is 12.2. The molecular formula is C19H20N2O2. The molecule has 1 atom stereocenters. The van der Waals surface area contributed by atoms with Crippen molar-refractivity contribution >= 4 is 11.7 Å². The van der Waals surface area contributed by atoms with Crippen molar-refractivity contribution in [1.82, 2.24) is 5.32 Å². The number of nitrogens with one attached hydrogen (secondary N) is 2. The van der Waals surface area contributed by atoms with Crippen LogP contribution in [0.4, 0.5) is 10.5 Å². The second kappa shape index (κ2) is 8.62. The highest BCUT2D eigenvalue weighted by molar-refractivity contribution is 5.89. The van der Waals surface area contributed by atoms with E-state index in [1.54, 1.807) is 24.3 Å². The normalized spacial score (nSPS) is 11.3. The molecule has 2 aromatic rings. The smallest absolute Gasteiger partial charge is 0.319 e. The molecule has 0 saturated heterocycles. The molecule has 2 amide bonds. The topological polar surface area (TPSA) is 61.4 Å². The van der Waals surface area contributed by atoms with Crippen LogP contribution in [0.25, 0.3) is 0 Å². The van der Waals surface area contributed by atoms with E-state index in [0.29, 0.717) is 24.1 Å². The molecular weight excluding hydrogens is 288 g/mol. The van der Waals surface area contributed by atoms with Crippen LogP contribution in [0.3, 0.4) is 0 Å². The molecule has 2 rings (SSSR count). The van der Waals surface area contributed by atoms with Gasteiger partial charge in [0.2, 0.25) is 0 Å². The van der Waals surface area contributed by atoms with Crippen LogP contribution in [0.1, 0.15) is 30.0 Å². The molecule has 0 heterocycles. The van der Waals surface area contributed by atoms with E-state index in [1.807, 2.05) is 30.3 Å². The predicted molar refractivity (Wildman–Crippen MR) is 92.0 cm³/mol. The van der Waals surface area contributed by atoms with Gasteiger partial charge >= 0.3 is 6.03 Å². The molecule has 4 nitrogen and oxygen atoms in total. The van der Waals surface area contributed by atoms with Crippen molar-refractivity contribution < 1.29 is 9.90 Å². The fourth-order valence-electron chi connectivity index (χ4n) is 2.32. The number of carbonyl (C=O) groups excluding carboxylic acids is 1. The Morgan fingerprint density at radius 1 is 1.17 bits per heavy atom. The Balaban J connectivity index is 2.03. The van der Waals surface area contributed by atoms with Crippen LogP contribution in [0.2, 0.25) is 0 Å². The lowest BCUT2D eigenvalue weighted by molar-refractivity contribution is 0.244. The fraction of sp³-hybridized carbons (Fsp3) is 0.211. The summed E-state index contributed by atoms with van der Waals surface area (Å²) in [6.07, 6.45) is 6.64. The number of aliphatic hydroxyl groups is 1. The van der Waals surface area contributed by atoms with Crippen molar-refractivity contribution in [2.24, 2.45) is 0 Å². The van der Waals surface area contributed by atoms with Gasteiger partial charge in [0, 0.05) is 17.9 Å². The maximum atomic E-state index is 12.2. The zero-order valence-corrected chi connectivity index (χ0v) is 12.8. The van der Waals surface area contributed by atoms with Gasteiger partial charge in [-0.05, 0) is 36.6 Å². The summed E-state index contributed by atoms with van der Waals surface area (Å²) in [5.41, 5.74) is 2.36. The summed E-state index contributed by atoms with van der Waals surface area (Å²) in [7, 11) is 0. The highest BCUT2D eigenvalue weighted by Crippen LogP contribution is 2.18. The minimum absolute atomic E-state index is 0.0941. The van der Waals surface area contributed by atoms with Gasteiger partial charge in [-0.3, -0.25) is 0 Å². The van der Waals surface area contributed by atoms with E-state index < -0.39 is 0 Å². The number of amides is 2. The first-order valence-electron chi connectivity index (χ1n) is 7.53. The molecule has 0 saturated carbocycles. The van der Waals surface area contributed by atoms with Crippen LogP contribution in [-0.2, 0) is 0 Å². The third kappa shape index (κ3) is 5.17. The number of urea groups is 1. The Labute approximate surface area is 136 Å². The van der Waals surface area contributed by atoms with E-state index in [4.69, 9.17) is 11.5 Å². The second-order valence-electron chi connectivity index (χ2n) is 5.15. The highest BCUT2D eigenvalue weighted by atomic mass is 16.3. The van der Waals surface area contributed by atoms with Crippen molar-refractivity contribution in [2.45, 2.75) is 18.9 Å².